The summed E-state index contributed by atoms with van der Waals surface area (Å²) in [5, 5.41) is 8.61. The molecule has 0 fully saturated rings. The SMILES string of the molecule is C#CC1=C(C[C@@H](N)C(=O)O)C(=O)OCC1. The molecule has 0 aromatic rings. The Balaban J connectivity index is 2.89. The van der Waals surface area contributed by atoms with Crippen molar-refractivity contribution >= 4 is 11.9 Å². The zero-order valence-corrected chi connectivity index (χ0v) is 8.03. The number of hydrogen-bond donors (Lipinski definition) is 2. The van der Waals surface area contributed by atoms with Crippen LogP contribution in [-0.4, -0.2) is 29.7 Å². The smallest absolute Gasteiger partial charge is 0.335 e. The van der Waals surface area contributed by atoms with Crippen LogP contribution < -0.4 is 5.73 Å². The maximum absolute atomic E-state index is 11.3. The first-order valence-electron chi connectivity index (χ1n) is 4.40. The van der Waals surface area contributed by atoms with Crippen LogP contribution in [0.3, 0.4) is 0 Å². The molecule has 1 atom stereocenters. The highest BCUT2D eigenvalue weighted by Crippen LogP contribution is 2.20. The third-order valence-electron chi connectivity index (χ3n) is 2.11. The molecule has 1 aliphatic heterocycles. The van der Waals surface area contributed by atoms with Crippen molar-refractivity contribution in [2.75, 3.05) is 6.61 Å². The molecule has 5 heteroatoms. The van der Waals surface area contributed by atoms with Crippen LogP contribution in [0.2, 0.25) is 0 Å². The summed E-state index contributed by atoms with van der Waals surface area (Å²) in [7, 11) is 0. The maximum Gasteiger partial charge on any atom is 0.335 e. The van der Waals surface area contributed by atoms with Gasteiger partial charge in [-0.3, -0.25) is 4.79 Å². The van der Waals surface area contributed by atoms with Crippen molar-refractivity contribution in [3.63, 3.8) is 0 Å². The first-order chi connectivity index (χ1) is 7.06. The van der Waals surface area contributed by atoms with Crippen molar-refractivity contribution in [2.45, 2.75) is 18.9 Å². The zero-order chi connectivity index (χ0) is 11.4. The Morgan fingerprint density at radius 1 is 1.73 bits per heavy atom. The quantitative estimate of drug-likeness (QED) is 0.490. The van der Waals surface area contributed by atoms with Gasteiger partial charge >= 0.3 is 11.9 Å². The van der Waals surface area contributed by atoms with Crippen molar-refractivity contribution in [1.29, 1.82) is 0 Å². The summed E-state index contributed by atoms with van der Waals surface area (Å²) in [6.45, 7) is 0.240. The number of carbonyl (C=O) groups excluding carboxylic acids is 1. The minimum atomic E-state index is -1.17. The van der Waals surface area contributed by atoms with Crippen molar-refractivity contribution in [2.24, 2.45) is 5.73 Å². The van der Waals surface area contributed by atoms with Gasteiger partial charge in [0, 0.05) is 18.4 Å². The Morgan fingerprint density at radius 2 is 2.40 bits per heavy atom. The summed E-state index contributed by atoms with van der Waals surface area (Å²) in [6, 6.07) is -1.13. The van der Waals surface area contributed by atoms with Gasteiger partial charge in [0.15, 0.2) is 0 Å². The maximum atomic E-state index is 11.3. The number of aliphatic carboxylic acids is 1. The number of carboxylic acid groups (broad SMARTS) is 1. The van der Waals surface area contributed by atoms with Crippen LogP contribution in [0.1, 0.15) is 12.8 Å². The molecule has 15 heavy (non-hydrogen) atoms. The molecule has 0 spiro atoms. The largest absolute Gasteiger partial charge is 0.480 e. The lowest BCUT2D eigenvalue weighted by Gasteiger charge is -2.17. The van der Waals surface area contributed by atoms with Gasteiger partial charge in [-0.05, 0) is 0 Å². The second kappa shape index (κ2) is 4.62. The predicted molar refractivity (Wildman–Crippen MR) is 51.7 cm³/mol. The Morgan fingerprint density at radius 3 is 2.93 bits per heavy atom. The Hall–Kier alpha value is -1.80. The number of nitrogens with two attached hydrogens (primary N) is 1. The number of carbonyl (C=O) groups is 2. The van der Waals surface area contributed by atoms with E-state index in [0.29, 0.717) is 12.0 Å². The van der Waals surface area contributed by atoms with Gasteiger partial charge in [0.25, 0.3) is 0 Å². The summed E-state index contributed by atoms with van der Waals surface area (Å²) < 4.78 is 4.76. The first kappa shape index (κ1) is 11.3. The van der Waals surface area contributed by atoms with E-state index in [9.17, 15) is 9.59 Å². The fraction of sp³-hybridized carbons (Fsp3) is 0.400. The van der Waals surface area contributed by atoms with Crippen LogP contribution in [0.4, 0.5) is 0 Å². The second-order valence-corrected chi connectivity index (χ2v) is 3.14. The monoisotopic (exact) mass is 209 g/mol. The van der Waals surface area contributed by atoms with Crippen LogP contribution in [-0.2, 0) is 14.3 Å². The van der Waals surface area contributed by atoms with Crippen LogP contribution in [0.25, 0.3) is 0 Å². The lowest BCUT2D eigenvalue weighted by molar-refractivity contribution is -0.140. The molecule has 0 aromatic carbocycles. The number of rotatable bonds is 3. The molecule has 0 aromatic heterocycles. The lowest BCUT2D eigenvalue weighted by atomic mass is 9.97. The molecular formula is C10H11NO4. The van der Waals surface area contributed by atoms with E-state index in [4.69, 9.17) is 22.0 Å². The summed E-state index contributed by atoms with van der Waals surface area (Å²) in [5.41, 5.74) is 6.01. The van der Waals surface area contributed by atoms with E-state index in [1.54, 1.807) is 0 Å². The molecule has 5 nitrogen and oxygen atoms in total. The van der Waals surface area contributed by atoms with Crippen LogP contribution in [0, 0.1) is 12.3 Å². The van der Waals surface area contributed by atoms with Gasteiger partial charge in [-0.1, -0.05) is 5.92 Å². The summed E-state index contributed by atoms with van der Waals surface area (Å²) in [4.78, 5) is 21.8. The average molecular weight is 209 g/mol. The van der Waals surface area contributed by atoms with E-state index in [2.05, 4.69) is 5.92 Å². The standard InChI is InChI=1S/C10H11NO4/c1-2-6-3-4-15-10(14)7(6)5-8(11)9(12)13/h1,8H,3-5,11H2,(H,12,13)/t8-/m1/s1. The van der Waals surface area contributed by atoms with Gasteiger partial charge in [-0.15, -0.1) is 6.42 Å². The molecule has 1 aliphatic rings. The summed E-state index contributed by atoms with van der Waals surface area (Å²) in [5.74, 6) is 0.626. The van der Waals surface area contributed by atoms with Gasteiger partial charge in [0.1, 0.15) is 6.04 Å². The Labute approximate surface area is 86.9 Å². The Kier molecular flexibility index (Phi) is 3.47. The first-order valence-corrected chi connectivity index (χ1v) is 4.40. The molecular weight excluding hydrogens is 198 g/mol. The number of esters is 1. The van der Waals surface area contributed by atoms with E-state index < -0.39 is 18.0 Å². The van der Waals surface area contributed by atoms with Crippen molar-refractivity contribution in [3.05, 3.63) is 11.1 Å². The van der Waals surface area contributed by atoms with Crippen molar-refractivity contribution < 1.29 is 19.4 Å². The highest BCUT2D eigenvalue weighted by molar-refractivity contribution is 5.92. The van der Waals surface area contributed by atoms with E-state index in [1.165, 1.54) is 0 Å². The van der Waals surface area contributed by atoms with E-state index in [0.717, 1.165) is 0 Å². The van der Waals surface area contributed by atoms with Gasteiger partial charge in [-0.2, -0.15) is 0 Å². The molecule has 0 radical (unpaired) electrons. The number of cyclic esters (lactones) is 1. The number of carboxylic acids is 1. The molecule has 0 saturated heterocycles. The van der Waals surface area contributed by atoms with Crippen LogP contribution in [0.5, 0.6) is 0 Å². The molecule has 1 rings (SSSR count). The third kappa shape index (κ3) is 2.58. The Bertz CT molecular complexity index is 364. The molecule has 3 N–H and O–H groups in total. The fourth-order valence-electron chi connectivity index (χ4n) is 1.28. The number of terminal acetylenes is 1. The van der Waals surface area contributed by atoms with Gasteiger partial charge in [-0.25, -0.2) is 4.79 Å². The van der Waals surface area contributed by atoms with Crippen molar-refractivity contribution in [1.82, 2.24) is 0 Å². The topological polar surface area (TPSA) is 89.6 Å². The van der Waals surface area contributed by atoms with Crippen LogP contribution in [0.15, 0.2) is 11.1 Å². The van der Waals surface area contributed by atoms with E-state index >= 15 is 0 Å². The van der Waals surface area contributed by atoms with Gasteiger partial charge in [0.05, 0.1) is 12.2 Å². The molecule has 0 saturated carbocycles. The highest BCUT2D eigenvalue weighted by atomic mass is 16.5. The molecule has 1 heterocycles. The fourth-order valence-corrected chi connectivity index (χ4v) is 1.28. The third-order valence-corrected chi connectivity index (χ3v) is 2.11. The molecule has 0 aliphatic carbocycles. The predicted octanol–water partition coefficient (Wildman–Crippen LogP) is -0.335. The highest BCUT2D eigenvalue weighted by Gasteiger charge is 2.25. The average Bonchev–Trinajstić information content (AvgIpc) is 2.20. The number of ether oxygens (including phenoxy) is 1. The molecule has 0 bridgehead atoms. The van der Waals surface area contributed by atoms with Gasteiger partial charge < -0.3 is 15.6 Å². The van der Waals surface area contributed by atoms with Crippen molar-refractivity contribution in [3.8, 4) is 12.3 Å². The minimum absolute atomic E-state index is 0.0896. The molecule has 80 valence electrons. The van der Waals surface area contributed by atoms with E-state index in [-0.39, 0.29) is 18.6 Å². The summed E-state index contributed by atoms with van der Waals surface area (Å²) >= 11 is 0. The lowest BCUT2D eigenvalue weighted by Crippen LogP contribution is -2.33. The number of hydrogen-bond acceptors (Lipinski definition) is 4. The van der Waals surface area contributed by atoms with Crippen LogP contribution >= 0.6 is 0 Å². The minimum Gasteiger partial charge on any atom is -0.480 e. The van der Waals surface area contributed by atoms with Gasteiger partial charge in [0.2, 0.25) is 0 Å². The molecule has 0 unspecified atom stereocenters. The van der Waals surface area contributed by atoms with E-state index in [1.807, 2.05) is 0 Å². The molecule has 0 amide bonds. The summed E-state index contributed by atoms with van der Waals surface area (Å²) in [6.07, 6.45) is 5.56. The normalized spacial score (nSPS) is 18.0. The second-order valence-electron chi connectivity index (χ2n) is 3.14. The zero-order valence-electron chi connectivity index (χ0n) is 8.03.